The highest BCUT2D eigenvalue weighted by Gasteiger charge is 2.15. The molecule has 0 aliphatic carbocycles. The van der Waals surface area contributed by atoms with Gasteiger partial charge in [0.05, 0.1) is 5.70 Å². The second kappa shape index (κ2) is 4.09. The Morgan fingerprint density at radius 3 is 2.76 bits per heavy atom. The van der Waals surface area contributed by atoms with Crippen LogP contribution in [-0.2, 0) is 0 Å². The first-order valence-electron chi connectivity index (χ1n) is 5.06. The number of thioether (sulfide) groups is 1. The van der Waals surface area contributed by atoms with Crippen LogP contribution < -0.4 is 5.43 Å². The maximum Gasteiger partial charge on any atom is 0.214 e. The van der Waals surface area contributed by atoms with Crippen molar-refractivity contribution in [3.05, 3.63) is 46.1 Å². The summed E-state index contributed by atoms with van der Waals surface area (Å²) in [4.78, 5) is 0. The van der Waals surface area contributed by atoms with Gasteiger partial charge in [0.1, 0.15) is 5.82 Å². The number of fused-ring (bicyclic) bond motifs is 1. The van der Waals surface area contributed by atoms with Crippen LogP contribution in [0.4, 0.5) is 0 Å². The summed E-state index contributed by atoms with van der Waals surface area (Å²) in [6.07, 6.45) is 0. The molecule has 0 atom stereocenters. The van der Waals surface area contributed by atoms with E-state index in [9.17, 15) is 0 Å². The third kappa shape index (κ3) is 1.92. The van der Waals surface area contributed by atoms with E-state index < -0.39 is 0 Å². The van der Waals surface area contributed by atoms with Crippen molar-refractivity contribution in [2.75, 3.05) is 5.43 Å². The summed E-state index contributed by atoms with van der Waals surface area (Å²) in [6, 6.07) is 7.70. The van der Waals surface area contributed by atoms with E-state index in [4.69, 9.17) is 11.6 Å². The Labute approximate surface area is 108 Å². The van der Waals surface area contributed by atoms with Crippen LogP contribution in [0.25, 0.3) is 5.70 Å². The molecule has 3 rings (SSSR count). The van der Waals surface area contributed by atoms with Crippen LogP contribution in [0.1, 0.15) is 11.4 Å². The maximum atomic E-state index is 5.87. The van der Waals surface area contributed by atoms with E-state index in [1.54, 1.807) is 11.8 Å². The first-order chi connectivity index (χ1) is 8.24. The zero-order chi connectivity index (χ0) is 11.8. The topological polar surface area (TPSA) is 42.7 Å². The summed E-state index contributed by atoms with van der Waals surface area (Å²) in [5, 5.41) is 11.7. The van der Waals surface area contributed by atoms with Crippen molar-refractivity contribution in [1.82, 2.24) is 14.9 Å². The number of hydrogen-bond acceptors (Lipinski definition) is 4. The summed E-state index contributed by atoms with van der Waals surface area (Å²) >= 11 is 7.42. The Balaban J connectivity index is 1.94. The van der Waals surface area contributed by atoms with E-state index in [1.807, 2.05) is 41.3 Å². The molecule has 0 spiro atoms. The SMILES string of the molecule is Cc1nnc2n1NC(c1ccc(Cl)cc1)=CS2. The molecular formula is C11H9ClN4S. The van der Waals surface area contributed by atoms with Crippen LogP contribution >= 0.6 is 23.4 Å². The normalized spacial score (nSPS) is 13.9. The molecule has 0 unspecified atom stereocenters. The molecule has 0 radical (unpaired) electrons. The molecule has 1 aromatic heterocycles. The maximum absolute atomic E-state index is 5.87. The molecule has 2 aromatic rings. The van der Waals surface area contributed by atoms with Gasteiger partial charge in [-0.15, -0.1) is 10.2 Å². The second-order valence-corrected chi connectivity index (χ2v) is 4.91. The lowest BCUT2D eigenvalue weighted by Crippen LogP contribution is -2.18. The Morgan fingerprint density at radius 2 is 2.00 bits per heavy atom. The summed E-state index contributed by atoms with van der Waals surface area (Å²) in [5.41, 5.74) is 5.37. The van der Waals surface area contributed by atoms with Crippen molar-refractivity contribution in [3.63, 3.8) is 0 Å². The summed E-state index contributed by atoms with van der Waals surface area (Å²) in [7, 11) is 0. The third-order valence-corrected chi connectivity index (χ3v) is 3.55. The fourth-order valence-corrected chi connectivity index (χ4v) is 2.48. The van der Waals surface area contributed by atoms with Gasteiger partial charge in [-0.3, -0.25) is 5.43 Å². The zero-order valence-corrected chi connectivity index (χ0v) is 10.6. The predicted octanol–water partition coefficient (Wildman–Crippen LogP) is 2.89. The Kier molecular flexibility index (Phi) is 2.57. The quantitative estimate of drug-likeness (QED) is 0.860. The van der Waals surface area contributed by atoms with Crippen LogP contribution in [-0.4, -0.2) is 14.9 Å². The molecular weight excluding hydrogens is 256 g/mol. The van der Waals surface area contributed by atoms with Gasteiger partial charge in [-0.25, -0.2) is 4.68 Å². The van der Waals surface area contributed by atoms with Crippen molar-refractivity contribution >= 4 is 29.1 Å². The number of hydrogen-bond donors (Lipinski definition) is 1. The molecule has 1 aromatic carbocycles. The Morgan fingerprint density at radius 1 is 1.24 bits per heavy atom. The highest BCUT2D eigenvalue weighted by molar-refractivity contribution is 8.02. The number of aryl methyl sites for hydroxylation is 1. The number of benzene rings is 1. The Hall–Kier alpha value is -1.46. The lowest BCUT2D eigenvalue weighted by atomic mass is 10.2. The van der Waals surface area contributed by atoms with Gasteiger partial charge in [0, 0.05) is 16.0 Å². The van der Waals surface area contributed by atoms with Crippen molar-refractivity contribution in [3.8, 4) is 0 Å². The van der Waals surface area contributed by atoms with Crippen LogP contribution in [0.5, 0.6) is 0 Å². The average molecular weight is 265 g/mol. The van der Waals surface area contributed by atoms with E-state index in [-0.39, 0.29) is 0 Å². The van der Waals surface area contributed by atoms with Crippen LogP contribution in [0.15, 0.2) is 34.8 Å². The molecule has 0 saturated heterocycles. The van der Waals surface area contributed by atoms with Gasteiger partial charge >= 0.3 is 0 Å². The monoisotopic (exact) mass is 264 g/mol. The molecule has 2 heterocycles. The number of aromatic nitrogens is 3. The first-order valence-corrected chi connectivity index (χ1v) is 6.31. The highest BCUT2D eigenvalue weighted by atomic mass is 35.5. The fraction of sp³-hybridized carbons (Fsp3) is 0.0909. The fourth-order valence-electron chi connectivity index (χ4n) is 1.57. The molecule has 1 N–H and O–H groups in total. The predicted molar refractivity (Wildman–Crippen MR) is 69.4 cm³/mol. The third-order valence-electron chi connectivity index (χ3n) is 2.46. The average Bonchev–Trinajstić information content (AvgIpc) is 2.72. The van der Waals surface area contributed by atoms with Gasteiger partial charge in [-0.2, -0.15) is 0 Å². The van der Waals surface area contributed by atoms with Gasteiger partial charge in [0.25, 0.3) is 0 Å². The van der Waals surface area contributed by atoms with Crippen molar-refractivity contribution in [2.45, 2.75) is 12.1 Å². The van der Waals surface area contributed by atoms with E-state index in [1.165, 1.54) is 0 Å². The molecule has 6 heteroatoms. The number of halogens is 1. The van der Waals surface area contributed by atoms with Gasteiger partial charge in [0.15, 0.2) is 0 Å². The van der Waals surface area contributed by atoms with Crippen molar-refractivity contribution in [1.29, 1.82) is 0 Å². The molecule has 0 saturated carbocycles. The number of rotatable bonds is 1. The second-order valence-electron chi connectivity index (χ2n) is 3.63. The van der Waals surface area contributed by atoms with Crippen molar-refractivity contribution in [2.24, 2.45) is 0 Å². The van der Waals surface area contributed by atoms with Gasteiger partial charge in [-0.05, 0) is 19.1 Å². The number of nitrogens with zero attached hydrogens (tertiary/aromatic N) is 3. The van der Waals surface area contributed by atoms with E-state index >= 15 is 0 Å². The smallest absolute Gasteiger partial charge is 0.214 e. The molecule has 17 heavy (non-hydrogen) atoms. The van der Waals surface area contributed by atoms with Crippen LogP contribution in [0, 0.1) is 6.92 Å². The molecule has 86 valence electrons. The highest BCUT2D eigenvalue weighted by Crippen LogP contribution is 2.28. The van der Waals surface area contributed by atoms with Gasteiger partial charge < -0.3 is 0 Å². The lowest BCUT2D eigenvalue weighted by Gasteiger charge is -2.18. The molecule has 1 aliphatic rings. The molecule has 0 amide bonds. The summed E-state index contributed by atoms with van der Waals surface area (Å²) in [6.45, 7) is 1.91. The van der Waals surface area contributed by atoms with Gasteiger partial charge in [-0.1, -0.05) is 35.5 Å². The van der Waals surface area contributed by atoms with Crippen LogP contribution in [0.3, 0.4) is 0 Å². The minimum atomic E-state index is 0.735. The Bertz CT molecular complexity index is 588. The summed E-state index contributed by atoms with van der Waals surface area (Å²) in [5.74, 6) is 0.840. The largest absolute Gasteiger partial charge is 0.290 e. The van der Waals surface area contributed by atoms with E-state index in [2.05, 4.69) is 15.6 Å². The minimum absolute atomic E-state index is 0.735. The van der Waals surface area contributed by atoms with Crippen molar-refractivity contribution < 1.29 is 0 Å². The first kappa shape index (κ1) is 10.7. The summed E-state index contributed by atoms with van der Waals surface area (Å²) < 4.78 is 1.87. The van der Waals surface area contributed by atoms with E-state index in [0.717, 1.165) is 27.3 Å². The van der Waals surface area contributed by atoms with E-state index in [0.29, 0.717) is 0 Å². The number of nitrogens with one attached hydrogen (secondary N) is 1. The van der Waals surface area contributed by atoms with Gasteiger partial charge in [0.2, 0.25) is 5.16 Å². The molecule has 0 bridgehead atoms. The lowest BCUT2D eigenvalue weighted by molar-refractivity contribution is 0.800. The standard InChI is InChI=1S/C11H9ClN4S/c1-7-13-14-11-16(7)15-10(6-17-11)8-2-4-9(12)5-3-8/h2-6,15H,1H3. The molecule has 0 fully saturated rings. The minimum Gasteiger partial charge on any atom is -0.290 e. The zero-order valence-electron chi connectivity index (χ0n) is 9.01. The van der Waals surface area contributed by atoms with Crippen LogP contribution in [0.2, 0.25) is 5.02 Å². The molecule has 1 aliphatic heterocycles. The molecule has 4 nitrogen and oxygen atoms in total.